The van der Waals surface area contributed by atoms with Gasteiger partial charge in [0.2, 0.25) is 0 Å². The quantitative estimate of drug-likeness (QED) is 0.144. The monoisotopic (exact) mass is 480 g/mol. The van der Waals surface area contributed by atoms with E-state index >= 15 is 0 Å². The van der Waals surface area contributed by atoms with E-state index in [0.717, 1.165) is 18.4 Å². The van der Waals surface area contributed by atoms with E-state index in [-0.39, 0.29) is 36.4 Å². The van der Waals surface area contributed by atoms with E-state index in [4.69, 9.17) is 18.9 Å². The molecule has 0 aliphatic rings. The Bertz CT molecular complexity index is 1050. The maximum absolute atomic E-state index is 13.2. The molecule has 0 unspecified atom stereocenters. The third kappa shape index (κ3) is 9.08. The number of aromatic hydroxyl groups is 1. The highest BCUT2D eigenvalue weighted by Crippen LogP contribution is 2.40. The number of allylic oxidation sites excluding steroid dienone is 5. The summed E-state index contributed by atoms with van der Waals surface area (Å²) in [5.41, 5.74) is 3.88. The fraction of sp³-hybridized carbons (Fsp3) is 0.345. The Morgan fingerprint density at radius 1 is 0.943 bits per heavy atom. The first kappa shape index (κ1) is 27.9. The first-order chi connectivity index (χ1) is 16.9. The lowest BCUT2D eigenvalue weighted by molar-refractivity contribution is 0.0449. The molecule has 0 spiro atoms. The van der Waals surface area contributed by atoms with Gasteiger partial charge < -0.3 is 24.1 Å². The molecule has 0 saturated heterocycles. The van der Waals surface area contributed by atoms with E-state index in [0.29, 0.717) is 17.7 Å². The number of rotatable bonds is 14. The Morgan fingerprint density at radius 3 is 2.23 bits per heavy atom. The van der Waals surface area contributed by atoms with Gasteiger partial charge in [0.25, 0.3) is 0 Å². The van der Waals surface area contributed by atoms with Crippen molar-refractivity contribution in [3.63, 3.8) is 0 Å². The van der Waals surface area contributed by atoms with Crippen molar-refractivity contribution < 1.29 is 28.8 Å². The second kappa shape index (κ2) is 14.8. The predicted molar refractivity (Wildman–Crippen MR) is 139 cm³/mol. The molecule has 0 bridgehead atoms. The van der Waals surface area contributed by atoms with Crippen LogP contribution >= 0.6 is 0 Å². The Morgan fingerprint density at radius 2 is 1.60 bits per heavy atom. The van der Waals surface area contributed by atoms with Crippen molar-refractivity contribution in [2.45, 2.75) is 40.0 Å². The number of phenolic OH excluding ortho intramolecular Hbond substituents is 1. The van der Waals surface area contributed by atoms with Crippen LogP contribution in [0, 0.1) is 0 Å². The number of carbonyl (C=O) groups excluding carboxylic acids is 1. The number of carbonyl (C=O) groups is 1. The zero-order chi connectivity index (χ0) is 25.6. The highest BCUT2D eigenvalue weighted by Gasteiger charge is 2.23. The number of ketones is 1. The van der Waals surface area contributed by atoms with E-state index < -0.39 is 0 Å². The van der Waals surface area contributed by atoms with Gasteiger partial charge >= 0.3 is 0 Å². The first-order valence-electron chi connectivity index (χ1n) is 11.6. The van der Waals surface area contributed by atoms with Crippen LogP contribution in [-0.4, -0.2) is 38.7 Å². The molecule has 188 valence electrons. The zero-order valence-corrected chi connectivity index (χ0v) is 21.3. The number of phenols is 1. The summed E-state index contributed by atoms with van der Waals surface area (Å²) in [6.45, 7) is 6.11. The number of ether oxygens (including phenoxy) is 4. The second-order valence-corrected chi connectivity index (χ2v) is 8.36. The van der Waals surface area contributed by atoms with Gasteiger partial charge in [-0.15, -0.1) is 0 Å². The maximum atomic E-state index is 13.2. The van der Waals surface area contributed by atoms with Crippen molar-refractivity contribution in [2.24, 2.45) is 0 Å². The molecule has 2 aromatic rings. The van der Waals surface area contributed by atoms with Gasteiger partial charge in [-0.05, 0) is 51.7 Å². The Balaban J connectivity index is 2.46. The number of benzene rings is 2. The number of methoxy groups -OCH3 is 2. The smallest absolute Gasteiger partial charge is 0.193 e. The number of hydrogen-bond acceptors (Lipinski definition) is 6. The molecule has 0 aromatic heterocycles. The van der Waals surface area contributed by atoms with Crippen LogP contribution in [0.3, 0.4) is 0 Å². The Hall–Kier alpha value is -3.35. The van der Waals surface area contributed by atoms with E-state index in [9.17, 15) is 9.90 Å². The topological polar surface area (TPSA) is 74.2 Å². The van der Waals surface area contributed by atoms with Crippen LogP contribution in [0.4, 0.5) is 0 Å². The molecule has 0 radical (unpaired) electrons. The summed E-state index contributed by atoms with van der Waals surface area (Å²) in [4.78, 5) is 13.2. The van der Waals surface area contributed by atoms with Gasteiger partial charge in [-0.1, -0.05) is 59.7 Å². The lowest BCUT2D eigenvalue weighted by Crippen LogP contribution is -2.09. The molecule has 1 N–H and O–H groups in total. The van der Waals surface area contributed by atoms with Crippen molar-refractivity contribution in [3.8, 4) is 17.2 Å². The first-order valence-corrected chi connectivity index (χ1v) is 11.6. The van der Waals surface area contributed by atoms with Gasteiger partial charge in [0, 0.05) is 25.8 Å². The third-order valence-corrected chi connectivity index (χ3v) is 5.21. The minimum Gasteiger partial charge on any atom is -0.507 e. The summed E-state index contributed by atoms with van der Waals surface area (Å²) in [5.74, 6) is -0.0133. The van der Waals surface area contributed by atoms with E-state index in [1.165, 1.54) is 31.4 Å². The van der Waals surface area contributed by atoms with Gasteiger partial charge in [-0.2, -0.15) is 0 Å². The Kier molecular flexibility index (Phi) is 11.8. The second-order valence-electron chi connectivity index (χ2n) is 8.36. The molecule has 0 heterocycles. The van der Waals surface area contributed by atoms with Crippen LogP contribution in [0.1, 0.15) is 55.1 Å². The van der Waals surface area contributed by atoms with Crippen LogP contribution in [-0.2, 0) is 15.9 Å². The summed E-state index contributed by atoms with van der Waals surface area (Å²) in [6.07, 6.45) is 9.59. The molecule has 0 amide bonds. The zero-order valence-electron chi connectivity index (χ0n) is 21.3. The molecular weight excluding hydrogens is 444 g/mol. The summed E-state index contributed by atoms with van der Waals surface area (Å²) in [6, 6.07) is 11.1. The lowest BCUT2D eigenvalue weighted by Gasteiger charge is -2.18. The van der Waals surface area contributed by atoms with E-state index in [1.54, 1.807) is 12.1 Å². The molecule has 2 aromatic carbocycles. The highest BCUT2D eigenvalue weighted by atomic mass is 16.7. The standard InChI is InChI=1S/C29H36O6/c1-21(2)10-9-11-22(3)14-16-24-26(34-19-32-4)18-27(35-20-33-5)28(29(24)31)25(30)17-15-23-12-7-6-8-13-23/h6-8,10,12-15,17-18,31H,9,11,16,19-20H2,1-5H3/b17-15+,22-14+. The van der Waals surface area contributed by atoms with Crippen molar-refractivity contribution in [3.05, 3.63) is 82.5 Å². The fourth-order valence-corrected chi connectivity index (χ4v) is 3.37. The normalized spacial score (nSPS) is 11.5. The van der Waals surface area contributed by atoms with Gasteiger partial charge in [-0.3, -0.25) is 4.79 Å². The average Bonchev–Trinajstić information content (AvgIpc) is 2.84. The van der Waals surface area contributed by atoms with Crippen LogP contribution < -0.4 is 9.47 Å². The predicted octanol–water partition coefficient (Wildman–Crippen LogP) is 6.49. The van der Waals surface area contributed by atoms with Crippen LogP contribution in [0.5, 0.6) is 17.2 Å². The van der Waals surface area contributed by atoms with Crippen LogP contribution in [0.2, 0.25) is 0 Å². The SMILES string of the molecule is COCOc1cc(OCOC)c(C(=O)/C=C/c2ccccc2)c(O)c1C/C=C(\C)CCC=C(C)C. The number of hydrogen-bond donors (Lipinski definition) is 1. The van der Waals surface area contributed by atoms with E-state index in [2.05, 4.69) is 26.8 Å². The minimum absolute atomic E-state index is 0.0133. The molecule has 6 heteroatoms. The molecule has 35 heavy (non-hydrogen) atoms. The highest BCUT2D eigenvalue weighted by molar-refractivity contribution is 6.11. The molecule has 0 fully saturated rings. The average molecular weight is 481 g/mol. The largest absolute Gasteiger partial charge is 0.507 e. The lowest BCUT2D eigenvalue weighted by atomic mass is 9.98. The van der Waals surface area contributed by atoms with Gasteiger partial charge in [0.05, 0.1) is 0 Å². The maximum Gasteiger partial charge on any atom is 0.193 e. The van der Waals surface area contributed by atoms with Crippen LogP contribution in [0.15, 0.2) is 65.8 Å². The van der Waals surface area contributed by atoms with Crippen molar-refractivity contribution >= 4 is 11.9 Å². The minimum atomic E-state index is -0.388. The third-order valence-electron chi connectivity index (χ3n) is 5.21. The van der Waals surface area contributed by atoms with Crippen molar-refractivity contribution in [2.75, 3.05) is 27.8 Å². The molecule has 0 atom stereocenters. The van der Waals surface area contributed by atoms with Crippen molar-refractivity contribution in [1.29, 1.82) is 0 Å². The molecular formula is C29H36O6. The fourth-order valence-electron chi connectivity index (χ4n) is 3.37. The van der Waals surface area contributed by atoms with E-state index in [1.807, 2.05) is 36.4 Å². The molecule has 0 aliphatic carbocycles. The van der Waals surface area contributed by atoms with Crippen LogP contribution in [0.25, 0.3) is 6.08 Å². The van der Waals surface area contributed by atoms with Gasteiger partial charge in [0.15, 0.2) is 19.4 Å². The Labute approximate surface area is 208 Å². The summed E-state index contributed by atoms with van der Waals surface area (Å²) >= 11 is 0. The van der Waals surface area contributed by atoms with Crippen molar-refractivity contribution in [1.82, 2.24) is 0 Å². The summed E-state index contributed by atoms with van der Waals surface area (Å²) in [7, 11) is 3.00. The van der Waals surface area contributed by atoms with Gasteiger partial charge in [0.1, 0.15) is 22.8 Å². The van der Waals surface area contributed by atoms with Gasteiger partial charge in [-0.25, -0.2) is 0 Å². The molecule has 0 saturated carbocycles. The summed E-state index contributed by atoms with van der Waals surface area (Å²) < 4.78 is 21.4. The molecule has 2 rings (SSSR count). The summed E-state index contributed by atoms with van der Waals surface area (Å²) in [5, 5.41) is 11.2. The molecule has 6 nitrogen and oxygen atoms in total. The molecule has 0 aliphatic heterocycles.